The maximum atomic E-state index is 12.8. The van der Waals surface area contributed by atoms with E-state index >= 15 is 0 Å². The monoisotopic (exact) mass is 258 g/mol. The number of pyridine rings is 1. The predicted octanol–water partition coefficient (Wildman–Crippen LogP) is 2.14. The molecule has 2 aromatic rings. The lowest BCUT2D eigenvalue weighted by Crippen LogP contribution is -2.23. The third-order valence-corrected chi connectivity index (χ3v) is 2.79. The summed E-state index contributed by atoms with van der Waals surface area (Å²) < 4.78 is 12.8. The summed E-state index contributed by atoms with van der Waals surface area (Å²) in [5, 5.41) is 7.52. The zero-order valence-electron chi connectivity index (χ0n) is 10.6. The van der Waals surface area contributed by atoms with E-state index in [0.29, 0.717) is 12.2 Å². The number of amidine groups is 1. The normalized spacial score (nSPS) is 10.2. The quantitative estimate of drug-likeness (QED) is 0.652. The van der Waals surface area contributed by atoms with Crippen LogP contribution < -0.4 is 10.6 Å². The number of benzene rings is 1. The molecule has 4 nitrogen and oxygen atoms in total. The Bertz CT molecular complexity index is 580. The first-order chi connectivity index (χ1) is 9.08. The maximum absolute atomic E-state index is 12.8. The van der Waals surface area contributed by atoms with Crippen molar-refractivity contribution in [3.8, 4) is 0 Å². The summed E-state index contributed by atoms with van der Waals surface area (Å²) in [4.78, 5) is 6.03. The maximum Gasteiger partial charge on any atom is 0.143 e. The summed E-state index contributed by atoms with van der Waals surface area (Å²) in [6.45, 7) is 0.590. The SMILES string of the molecule is CN(Cc1ccc(F)cc1)c1cccnc1C(=N)N. The number of nitrogens with one attached hydrogen (secondary N) is 1. The smallest absolute Gasteiger partial charge is 0.143 e. The van der Waals surface area contributed by atoms with Crippen molar-refractivity contribution in [3.05, 3.63) is 59.7 Å². The van der Waals surface area contributed by atoms with Gasteiger partial charge >= 0.3 is 0 Å². The number of aromatic nitrogens is 1. The van der Waals surface area contributed by atoms with E-state index in [1.54, 1.807) is 24.4 Å². The number of anilines is 1. The summed E-state index contributed by atoms with van der Waals surface area (Å²) in [7, 11) is 1.88. The Labute approximate surface area is 111 Å². The molecule has 0 saturated heterocycles. The number of halogens is 1. The Morgan fingerprint density at radius 3 is 2.63 bits per heavy atom. The molecule has 0 fully saturated rings. The molecule has 19 heavy (non-hydrogen) atoms. The van der Waals surface area contributed by atoms with Gasteiger partial charge in [-0.2, -0.15) is 0 Å². The molecule has 3 N–H and O–H groups in total. The summed E-state index contributed by atoms with van der Waals surface area (Å²) in [5.74, 6) is -0.321. The number of nitrogens with two attached hydrogens (primary N) is 1. The molecule has 0 amide bonds. The van der Waals surface area contributed by atoms with Crippen molar-refractivity contribution in [2.24, 2.45) is 5.73 Å². The summed E-state index contributed by atoms with van der Waals surface area (Å²) in [6, 6.07) is 9.97. The average Bonchev–Trinajstić information content (AvgIpc) is 2.41. The third kappa shape index (κ3) is 3.07. The van der Waals surface area contributed by atoms with Crippen molar-refractivity contribution < 1.29 is 4.39 Å². The van der Waals surface area contributed by atoms with E-state index in [-0.39, 0.29) is 11.7 Å². The number of rotatable bonds is 4. The fourth-order valence-corrected chi connectivity index (χ4v) is 1.86. The first-order valence-electron chi connectivity index (χ1n) is 5.83. The summed E-state index contributed by atoms with van der Waals surface area (Å²) in [6.07, 6.45) is 1.60. The second-order valence-corrected chi connectivity index (χ2v) is 4.27. The Hall–Kier alpha value is -2.43. The number of nitrogens with zero attached hydrogens (tertiary/aromatic N) is 2. The third-order valence-electron chi connectivity index (χ3n) is 2.79. The van der Waals surface area contributed by atoms with Crippen molar-refractivity contribution in [2.75, 3.05) is 11.9 Å². The van der Waals surface area contributed by atoms with Gasteiger partial charge in [-0.1, -0.05) is 12.1 Å². The van der Waals surface area contributed by atoms with Gasteiger partial charge in [0.1, 0.15) is 17.3 Å². The second kappa shape index (κ2) is 5.48. The van der Waals surface area contributed by atoms with Crippen molar-refractivity contribution in [3.63, 3.8) is 0 Å². The first-order valence-corrected chi connectivity index (χ1v) is 5.83. The van der Waals surface area contributed by atoms with Crippen LogP contribution in [0.3, 0.4) is 0 Å². The fraction of sp³-hybridized carbons (Fsp3) is 0.143. The molecule has 1 heterocycles. The molecule has 0 unspecified atom stereocenters. The van der Waals surface area contributed by atoms with Gasteiger partial charge in [0.2, 0.25) is 0 Å². The van der Waals surface area contributed by atoms with Crippen LogP contribution in [0.15, 0.2) is 42.6 Å². The lowest BCUT2D eigenvalue weighted by atomic mass is 10.2. The second-order valence-electron chi connectivity index (χ2n) is 4.27. The fourth-order valence-electron chi connectivity index (χ4n) is 1.86. The van der Waals surface area contributed by atoms with E-state index in [9.17, 15) is 4.39 Å². The Kier molecular flexibility index (Phi) is 3.75. The molecule has 0 saturated carbocycles. The summed E-state index contributed by atoms with van der Waals surface area (Å²) >= 11 is 0. The van der Waals surface area contributed by atoms with E-state index in [4.69, 9.17) is 11.1 Å². The lowest BCUT2D eigenvalue weighted by Gasteiger charge is -2.21. The van der Waals surface area contributed by atoms with Crippen LogP contribution in [0.1, 0.15) is 11.3 Å². The van der Waals surface area contributed by atoms with Crippen molar-refractivity contribution in [1.82, 2.24) is 4.98 Å². The van der Waals surface area contributed by atoms with Crippen LogP contribution in [0.2, 0.25) is 0 Å². The van der Waals surface area contributed by atoms with Crippen LogP contribution in [-0.4, -0.2) is 17.9 Å². The van der Waals surface area contributed by atoms with Crippen LogP contribution >= 0.6 is 0 Å². The molecular formula is C14H15FN4. The Morgan fingerprint density at radius 1 is 1.32 bits per heavy atom. The van der Waals surface area contributed by atoms with Gasteiger partial charge < -0.3 is 10.6 Å². The van der Waals surface area contributed by atoms with Gasteiger partial charge in [0, 0.05) is 19.8 Å². The lowest BCUT2D eigenvalue weighted by molar-refractivity contribution is 0.627. The van der Waals surface area contributed by atoms with E-state index in [0.717, 1.165) is 11.3 Å². The highest BCUT2D eigenvalue weighted by molar-refractivity contribution is 5.98. The zero-order chi connectivity index (χ0) is 13.8. The molecule has 0 atom stereocenters. The molecule has 0 radical (unpaired) electrons. The number of nitrogen functional groups attached to an aromatic ring is 1. The van der Waals surface area contributed by atoms with Gasteiger partial charge in [0.05, 0.1) is 5.69 Å². The molecule has 0 aliphatic carbocycles. The van der Waals surface area contributed by atoms with Gasteiger partial charge in [0.25, 0.3) is 0 Å². The van der Waals surface area contributed by atoms with E-state index in [2.05, 4.69) is 4.98 Å². The zero-order valence-corrected chi connectivity index (χ0v) is 10.6. The van der Waals surface area contributed by atoms with Crippen molar-refractivity contribution in [2.45, 2.75) is 6.54 Å². The van der Waals surface area contributed by atoms with E-state index in [1.807, 2.05) is 18.0 Å². The van der Waals surface area contributed by atoms with E-state index in [1.165, 1.54) is 12.1 Å². The minimum Gasteiger partial charge on any atom is -0.382 e. The first kappa shape index (κ1) is 13.0. The average molecular weight is 258 g/mol. The topological polar surface area (TPSA) is 66.0 Å². The van der Waals surface area contributed by atoms with Gasteiger partial charge in [-0.3, -0.25) is 10.4 Å². The van der Waals surface area contributed by atoms with Crippen LogP contribution in [-0.2, 0) is 6.54 Å². The van der Waals surface area contributed by atoms with Gasteiger partial charge in [-0.15, -0.1) is 0 Å². The number of hydrogen-bond acceptors (Lipinski definition) is 3. The molecule has 98 valence electrons. The summed E-state index contributed by atoms with van der Waals surface area (Å²) in [5.41, 5.74) is 7.71. The van der Waals surface area contributed by atoms with Gasteiger partial charge in [-0.05, 0) is 29.8 Å². The Balaban J connectivity index is 2.22. The standard InChI is InChI=1S/C14H15FN4/c1-19(9-10-4-6-11(15)7-5-10)12-3-2-8-18-13(12)14(16)17/h2-8H,9H2,1H3,(H3,16,17). The predicted molar refractivity (Wildman–Crippen MR) is 73.8 cm³/mol. The van der Waals surface area contributed by atoms with E-state index < -0.39 is 0 Å². The van der Waals surface area contributed by atoms with Gasteiger partial charge in [0.15, 0.2) is 0 Å². The minimum absolute atomic E-state index is 0.0680. The molecule has 0 aliphatic heterocycles. The minimum atomic E-state index is -0.253. The van der Waals surface area contributed by atoms with Crippen LogP contribution in [0, 0.1) is 11.2 Å². The highest BCUT2D eigenvalue weighted by Gasteiger charge is 2.10. The van der Waals surface area contributed by atoms with Crippen molar-refractivity contribution in [1.29, 1.82) is 5.41 Å². The molecule has 0 bridgehead atoms. The molecule has 2 rings (SSSR count). The highest BCUT2D eigenvalue weighted by Crippen LogP contribution is 2.18. The largest absolute Gasteiger partial charge is 0.382 e. The molecule has 0 spiro atoms. The van der Waals surface area contributed by atoms with Crippen LogP contribution in [0.5, 0.6) is 0 Å². The number of hydrogen-bond donors (Lipinski definition) is 2. The molecule has 0 aliphatic rings. The molecule has 5 heteroatoms. The molecule has 1 aromatic heterocycles. The van der Waals surface area contributed by atoms with Crippen LogP contribution in [0.25, 0.3) is 0 Å². The molecule has 1 aromatic carbocycles. The molecular weight excluding hydrogens is 243 g/mol. The van der Waals surface area contributed by atoms with Crippen LogP contribution in [0.4, 0.5) is 10.1 Å². The Morgan fingerprint density at radius 2 is 2.00 bits per heavy atom. The van der Waals surface area contributed by atoms with Crippen molar-refractivity contribution >= 4 is 11.5 Å². The van der Waals surface area contributed by atoms with Gasteiger partial charge in [-0.25, -0.2) is 4.39 Å². The highest BCUT2D eigenvalue weighted by atomic mass is 19.1.